The fourth-order valence-corrected chi connectivity index (χ4v) is 2.59. The van der Waals surface area contributed by atoms with Gasteiger partial charge in [0.2, 0.25) is 0 Å². The van der Waals surface area contributed by atoms with E-state index in [1.165, 1.54) is 11.0 Å². The monoisotopic (exact) mass is 349 g/mol. The van der Waals surface area contributed by atoms with Crippen molar-refractivity contribution in [3.05, 3.63) is 63.3 Å². The molecule has 1 N–H and O–H groups in total. The van der Waals surface area contributed by atoms with Gasteiger partial charge in [0.05, 0.1) is 0 Å². The number of nitrogens with one attached hydrogen (secondary N) is 1. The van der Waals surface area contributed by atoms with Crippen LogP contribution in [0, 0.1) is 0 Å². The summed E-state index contributed by atoms with van der Waals surface area (Å²) in [7, 11) is 0. The van der Waals surface area contributed by atoms with Crippen molar-refractivity contribution in [1.82, 2.24) is 5.32 Å². The number of hydrogen-bond acceptors (Lipinski definition) is 4. The summed E-state index contributed by atoms with van der Waals surface area (Å²) in [5.74, 6) is -0.872. The van der Waals surface area contributed by atoms with Crippen molar-refractivity contribution in [3.8, 4) is 0 Å². The number of thiophene rings is 1. The molecule has 0 bridgehead atoms. The number of rotatable bonds is 7. The quantitative estimate of drug-likeness (QED) is 0.616. The van der Waals surface area contributed by atoms with Crippen molar-refractivity contribution < 1.29 is 14.3 Å². The van der Waals surface area contributed by atoms with Crippen LogP contribution >= 0.6 is 22.9 Å². The van der Waals surface area contributed by atoms with Gasteiger partial charge < -0.3 is 10.1 Å². The largest absolute Gasteiger partial charge is 0.452 e. The van der Waals surface area contributed by atoms with Crippen LogP contribution in [0.25, 0.3) is 6.08 Å². The molecule has 0 saturated heterocycles. The smallest absolute Gasteiger partial charge is 0.331 e. The highest BCUT2D eigenvalue weighted by molar-refractivity contribution is 7.09. The first-order valence-electron chi connectivity index (χ1n) is 7.03. The number of halogens is 1. The van der Waals surface area contributed by atoms with Gasteiger partial charge in [-0.05, 0) is 41.6 Å². The highest BCUT2D eigenvalue weighted by Gasteiger charge is 2.04. The van der Waals surface area contributed by atoms with Gasteiger partial charge in [0.25, 0.3) is 5.91 Å². The zero-order valence-electron chi connectivity index (χ0n) is 12.3. The lowest BCUT2D eigenvalue weighted by Crippen LogP contribution is -2.30. The van der Waals surface area contributed by atoms with Crippen LogP contribution in [0.4, 0.5) is 0 Å². The number of ether oxygens (including phenoxy) is 1. The first-order valence-corrected chi connectivity index (χ1v) is 8.29. The summed E-state index contributed by atoms with van der Waals surface area (Å²) < 4.78 is 4.88. The molecule has 1 heterocycles. The van der Waals surface area contributed by atoms with E-state index in [1.807, 2.05) is 17.5 Å². The number of esters is 1. The predicted octanol–water partition coefficient (Wildman–Crippen LogP) is 3.32. The fourth-order valence-electron chi connectivity index (χ4n) is 1.75. The van der Waals surface area contributed by atoms with E-state index in [0.717, 1.165) is 12.0 Å². The number of hydrogen-bond donors (Lipinski definition) is 1. The lowest BCUT2D eigenvalue weighted by molar-refractivity contribution is -0.143. The minimum Gasteiger partial charge on any atom is -0.452 e. The maximum atomic E-state index is 11.6. The van der Waals surface area contributed by atoms with E-state index >= 15 is 0 Å². The van der Waals surface area contributed by atoms with E-state index in [9.17, 15) is 9.59 Å². The zero-order chi connectivity index (χ0) is 16.5. The molecule has 0 radical (unpaired) electrons. The summed E-state index contributed by atoms with van der Waals surface area (Å²) in [6.45, 7) is 0.242. The van der Waals surface area contributed by atoms with Crippen molar-refractivity contribution in [2.45, 2.75) is 6.42 Å². The average molecular weight is 350 g/mol. The zero-order valence-corrected chi connectivity index (χ0v) is 13.9. The van der Waals surface area contributed by atoms with Crippen LogP contribution in [0.2, 0.25) is 5.02 Å². The molecule has 4 nitrogen and oxygen atoms in total. The Morgan fingerprint density at radius 2 is 2.00 bits per heavy atom. The molecule has 120 valence electrons. The summed E-state index contributed by atoms with van der Waals surface area (Å²) in [6, 6.07) is 11.0. The SMILES string of the molecule is O=C(COC(=O)/C=C/c1ccc(Cl)cc1)NCCc1cccs1. The second-order valence-electron chi connectivity index (χ2n) is 4.67. The first-order chi connectivity index (χ1) is 11.1. The Hall–Kier alpha value is -2.11. The van der Waals surface area contributed by atoms with Gasteiger partial charge in [0.1, 0.15) is 0 Å². The molecular weight excluding hydrogens is 334 g/mol. The Morgan fingerprint density at radius 1 is 1.22 bits per heavy atom. The maximum absolute atomic E-state index is 11.6. The van der Waals surface area contributed by atoms with E-state index in [4.69, 9.17) is 16.3 Å². The molecule has 2 rings (SSSR count). The number of carbonyl (C=O) groups is 2. The molecule has 1 aromatic heterocycles. The van der Waals surface area contributed by atoms with Crippen LogP contribution in [-0.2, 0) is 20.7 Å². The number of benzene rings is 1. The molecule has 2 aromatic rings. The third-order valence-electron chi connectivity index (χ3n) is 2.90. The normalized spacial score (nSPS) is 10.7. The van der Waals surface area contributed by atoms with Crippen molar-refractivity contribution in [3.63, 3.8) is 0 Å². The van der Waals surface area contributed by atoms with Crippen LogP contribution in [0.1, 0.15) is 10.4 Å². The maximum Gasteiger partial charge on any atom is 0.331 e. The Labute approximate surface area is 143 Å². The van der Waals surface area contributed by atoms with E-state index in [0.29, 0.717) is 11.6 Å². The van der Waals surface area contributed by atoms with Crippen LogP contribution in [0.3, 0.4) is 0 Å². The lowest BCUT2D eigenvalue weighted by Gasteiger charge is -2.04. The third kappa shape index (κ3) is 6.67. The molecule has 0 saturated carbocycles. The van der Waals surface area contributed by atoms with E-state index in [2.05, 4.69) is 5.32 Å². The molecule has 0 aliphatic heterocycles. The van der Waals surface area contributed by atoms with Gasteiger partial charge in [-0.25, -0.2) is 4.79 Å². The Bertz CT molecular complexity index is 666. The van der Waals surface area contributed by atoms with Crippen molar-refractivity contribution in [2.75, 3.05) is 13.2 Å². The molecule has 6 heteroatoms. The van der Waals surface area contributed by atoms with E-state index in [1.54, 1.807) is 41.7 Å². The van der Waals surface area contributed by atoms with Gasteiger partial charge in [-0.1, -0.05) is 29.8 Å². The standard InChI is InChI=1S/C17H16ClNO3S/c18-14-6-3-13(4-7-14)5-8-17(21)22-12-16(20)19-10-9-15-2-1-11-23-15/h1-8,11H,9-10,12H2,(H,19,20)/b8-5+. The second-order valence-corrected chi connectivity index (χ2v) is 6.14. The molecular formula is C17H16ClNO3S. The van der Waals surface area contributed by atoms with Gasteiger partial charge in [0, 0.05) is 22.5 Å². The van der Waals surface area contributed by atoms with Crippen LogP contribution in [0.5, 0.6) is 0 Å². The molecule has 1 amide bonds. The van der Waals surface area contributed by atoms with Gasteiger partial charge in [-0.15, -0.1) is 11.3 Å². The van der Waals surface area contributed by atoms with E-state index in [-0.39, 0.29) is 12.5 Å². The minimum atomic E-state index is -0.562. The van der Waals surface area contributed by atoms with Gasteiger partial charge in [-0.2, -0.15) is 0 Å². The molecule has 0 spiro atoms. The second kappa shape index (κ2) is 9.12. The van der Waals surface area contributed by atoms with Gasteiger partial charge in [0.15, 0.2) is 6.61 Å². The first kappa shape index (κ1) is 17.2. The molecule has 0 unspecified atom stereocenters. The Kier molecular flexibility index (Phi) is 6.84. The highest BCUT2D eigenvalue weighted by Crippen LogP contribution is 2.10. The topological polar surface area (TPSA) is 55.4 Å². The van der Waals surface area contributed by atoms with Crippen LogP contribution in [-0.4, -0.2) is 25.0 Å². The van der Waals surface area contributed by atoms with Crippen molar-refractivity contribution in [2.24, 2.45) is 0 Å². The van der Waals surface area contributed by atoms with Crippen LogP contribution in [0.15, 0.2) is 47.9 Å². The average Bonchev–Trinajstić information content (AvgIpc) is 3.06. The summed E-state index contributed by atoms with van der Waals surface area (Å²) in [6.07, 6.45) is 3.66. The van der Waals surface area contributed by atoms with Crippen molar-refractivity contribution in [1.29, 1.82) is 0 Å². The lowest BCUT2D eigenvalue weighted by atomic mass is 10.2. The van der Waals surface area contributed by atoms with E-state index < -0.39 is 5.97 Å². The third-order valence-corrected chi connectivity index (χ3v) is 4.09. The van der Waals surface area contributed by atoms with Gasteiger partial charge in [-0.3, -0.25) is 4.79 Å². The number of amides is 1. The molecule has 0 aliphatic carbocycles. The summed E-state index contributed by atoms with van der Waals surface area (Å²) in [5.41, 5.74) is 0.826. The Balaban J connectivity index is 1.65. The molecule has 0 aliphatic rings. The molecule has 1 aromatic carbocycles. The molecule has 0 fully saturated rings. The fraction of sp³-hybridized carbons (Fsp3) is 0.176. The predicted molar refractivity (Wildman–Crippen MR) is 92.5 cm³/mol. The summed E-state index contributed by atoms with van der Waals surface area (Å²) >= 11 is 7.42. The minimum absolute atomic E-state index is 0.284. The number of carbonyl (C=O) groups excluding carboxylic acids is 2. The molecule has 0 atom stereocenters. The summed E-state index contributed by atoms with van der Waals surface area (Å²) in [5, 5.41) is 5.33. The van der Waals surface area contributed by atoms with Crippen molar-refractivity contribution >= 4 is 40.9 Å². The highest BCUT2D eigenvalue weighted by atomic mass is 35.5. The molecule has 23 heavy (non-hydrogen) atoms. The van der Waals surface area contributed by atoms with Crippen LogP contribution < -0.4 is 5.32 Å². The Morgan fingerprint density at radius 3 is 2.70 bits per heavy atom. The van der Waals surface area contributed by atoms with Gasteiger partial charge >= 0.3 is 5.97 Å². The summed E-state index contributed by atoms with van der Waals surface area (Å²) in [4.78, 5) is 24.3.